The average Bonchev–Trinajstić information content (AvgIpc) is 2.28. The topological polar surface area (TPSA) is 26.0 Å². The summed E-state index contributed by atoms with van der Waals surface area (Å²) < 4.78 is 1.12. The molecule has 1 nitrogen and oxygen atoms in total. The Bertz CT molecular complexity index is 479. The summed E-state index contributed by atoms with van der Waals surface area (Å²) in [5.41, 5.74) is 7.23. The van der Waals surface area contributed by atoms with E-state index in [0.717, 1.165) is 10.9 Å². The maximum atomic E-state index is 6.03. The maximum absolute atomic E-state index is 6.03. The molecule has 2 N–H and O–H groups in total. The van der Waals surface area contributed by atoms with E-state index in [1.807, 2.05) is 6.07 Å². The van der Waals surface area contributed by atoms with Crippen LogP contribution in [-0.4, -0.2) is 0 Å². The van der Waals surface area contributed by atoms with E-state index in [1.54, 1.807) is 0 Å². The summed E-state index contributed by atoms with van der Waals surface area (Å²) in [6.07, 6.45) is 0.963. The predicted molar refractivity (Wildman–Crippen MR) is 68.9 cm³/mol. The normalized spacial score (nSPS) is 13.0. The molecule has 1 unspecified atom stereocenters. The summed E-state index contributed by atoms with van der Waals surface area (Å²) in [5.74, 6) is 0. The molecule has 2 heteroatoms. The van der Waals surface area contributed by atoms with Gasteiger partial charge in [-0.1, -0.05) is 47.1 Å². The quantitative estimate of drug-likeness (QED) is 0.871. The van der Waals surface area contributed by atoms with Crippen molar-refractivity contribution in [3.05, 3.63) is 46.4 Å². The van der Waals surface area contributed by atoms with E-state index in [-0.39, 0.29) is 6.04 Å². The fraction of sp³-hybridized carbons (Fsp3) is 0.231. The van der Waals surface area contributed by atoms with E-state index in [0.29, 0.717) is 0 Å². The third kappa shape index (κ3) is 2.06. The minimum absolute atomic E-state index is 0.130. The molecule has 15 heavy (non-hydrogen) atoms. The molecule has 0 saturated heterocycles. The lowest BCUT2D eigenvalue weighted by atomic mass is 10.0. The molecular formula is C13H14BrN. The van der Waals surface area contributed by atoms with E-state index >= 15 is 0 Å². The Labute approximate surface area is 98.4 Å². The fourth-order valence-electron chi connectivity index (χ4n) is 1.74. The van der Waals surface area contributed by atoms with Crippen molar-refractivity contribution in [2.24, 2.45) is 5.73 Å². The predicted octanol–water partition coefficient (Wildman–Crippen LogP) is 4.01. The van der Waals surface area contributed by atoms with Crippen molar-refractivity contribution in [3.8, 4) is 0 Å². The Morgan fingerprint density at radius 3 is 2.73 bits per heavy atom. The van der Waals surface area contributed by atoms with E-state index in [1.165, 1.54) is 16.3 Å². The molecule has 0 aliphatic heterocycles. The van der Waals surface area contributed by atoms with Gasteiger partial charge < -0.3 is 5.73 Å². The summed E-state index contributed by atoms with van der Waals surface area (Å²) in [5, 5.41) is 2.48. The van der Waals surface area contributed by atoms with Crippen molar-refractivity contribution in [2.75, 3.05) is 0 Å². The fourth-order valence-corrected chi connectivity index (χ4v) is 2.36. The Kier molecular flexibility index (Phi) is 3.08. The zero-order chi connectivity index (χ0) is 10.8. The summed E-state index contributed by atoms with van der Waals surface area (Å²) in [7, 11) is 0. The number of fused-ring (bicyclic) bond motifs is 1. The van der Waals surface area contributed by atoms with Gasteiger partial charge in [0.15, 0.2) is 0 Å². The molecule has 0 aromatic heterocycles. The van der Waals surface area contributed by atoms with Gasteiger partial charge in [-0.3, -0.25) is 0 Å². The molecule has 1 atom stereocenters. The van der Waals surface area contributed by atoms with Crippen molar-refractivity contribution < 1.29 is 0 Å². The first-order chi connectivity index (χ1) is 7.22. The third-order valence-corrected chi connectivity index (χ3v) is 3.36. The van der Waals surface area contributed by atoms with Crippen LogP contribution in [0.5, 0.6) is 0 Å². The first-order valence-corrected chi connectivity index (χ1v) is 5.95. The highest BCUT2D eigenvalue weighted by molar-refractivity contribution is 9.10. The molecule has 0 bridgehead atoms. The molecule has 0 fully saturated rings. The summed E-state index contributed by atoms with van der Waals surface area (Å²) in [6, 6.07) is 12.8. The van der Waals surface area contributed by atoms with Crippen LogP contribution in [0.2, 0.25) is 0 Å². The first-order valence-electron chi connectivity index (χ1n) is 5.16. The van der Waals surface area contributed by atoms with Gasteiger partial charge in [0.2, 0.25) is 0 Å². The lowest BCUT2D eigenvalue weighted by molar-refractivity contribution is 0.699. The summed E-state index contributed by atoms with van der Waals surface area (Å²) in [6.45, 7) is 2.10. The lowest BCUT2D eigenvalue weighted by Crippen LogP contribution is -2.08. The molecule has 0 radical (unpaired) electrons. The summed E-state index contributed by atoms with van der Waals surface area (Å²) in [4.78, 5) is 0. The molecule has 0 saturated carbocycles. The second-order valence-corrected chi connectivity index (χ2v) is 4.59. The van der Waals surface area contributed by atoms with E-state index in [2.05, 4.69) is 53.2 Å². The molecule has 0 aliphatic carbocycles. The minimum atomic E-state index is 0.130. The van der Waals surface area contributed by atoms with Crippen LogP contribution in [0.25, 0.3) is 10.8 Å². The molecule has 2 aromatic carbocycles. The van der Waals surface area contributed by atoms with Gasteiger partial charge in [-0.25, -0.2) is 0 Å². The summed E-state index contributed by atoms with van der Waals surface area (Å²) >= 11 is 3.59. The molecular weight excluding hydrogens is 250 g/mol. The number of halogens is 1. The van der Waals surface area contributed by atoms with Gasteiger partial charge in [-0.2, -0.15) is 0 Å². The highest BCUT2D eigenvalue weighted by Crippen LogP contribution is 2.28. The van der Waals surface area contributed by atoms with Crippen molar-refractivity contribution in [1.82, 2.24) is 0 Å². The zero-order valence-electron chi connectivity index (χ0n) is 8.70. The van der Waals surface area contributed by atoms with Crippen LogP contribution in [0.3, 0.4) is 0 Å². The second-order valence-electron chi connectivity index (χ2n) is 3.74. The molecule has 0 amide bonds. The Hall–Kier alpha value is -0.860. The highest BCUT2D eigenvalue weighted by atomic mass is 79.9. The van der Waals surface area contributed by atoms with Crippen molar-refractivity contribution >= 4 is 26.7 Å². The number of hydrogen-bond acceptors (Lipinski definition) is 1. The Morgan fingerprint density at radius 2 is 2.00 bits per heavy atom. The lowest BCUT2D eigenvalue weighted by Gasteiger charge is -2.11. The molecule has 0 heterocycles. The van der Waals surface area contributed by atoms with Gasteiger partial charge in [-0.15, -0.1) is 0 Å². The van der Waals surface area contributed by atoms with Crippen LogP contribution in [0.1, 0.15) is 24.9 Å². The molecule has 2 aromatic rings. The monoisotopic (exact) mass is 263 g/mol. The van der Waals surface area contributed by atoms with Gasteiger partial charge in [0, 0.05) is 10.5 Å². The van der Waals surface area contributed by atoms with Gasteiger partial charge >= 0.3 is 0 Å². The third-order valence-electron chi connectivity index (χ3n) is 2.70. The first kappa shape index (κ1) is 10.7. The molecule has 0 aliphatic rings. The highest BCUT2D eigenvalue weighted by Gasteiger charge is 2.06. The number of rotatable bonds is 2. The SMILES string of the molecule is CCC(N)c1cc(Br)c2ccccc2c1. The van der Waals surface area contributed by atoms with Crippen molar-refractivity contribution in [2.45, 2.75) is 19.4 Å². The van der Waals surface area contributed by atoms with Crippen molar-refractivity contribution in [1.29, 1.82) is 0 Å². The largest absolute Gasteiger partial charge is 0.324 e. The van der Waals surface area contributed by atoms with Crippen molar-refractivity contribution in [3.63, 3.8) is 0 Å². The molecule has 78 valence electrons. The van der Waals surface area contributed by atoms with Gasteiger partial charge in [0.1, 0.15) is 0 Å². The maximum Gasteiger partial charge on any atom is 0.0292 e. The van der Waals surface area contributed by atoms with Gasteiger partial charge in [0.25, 0.3) is 0 Å². The van der Waals surface area contributed by atoms with E-state index in [9.17, 15) is 0 Å². The van der Waals surface area contributed by atoms with Gasteiger partial charge in [0.05, 0.1) is 0 Å². The Balaban J connectivity index is 2.62. The van der Waals surface area contributed by atoms with Crippen LogP contribution in [-0.2, 0) is 0 Å². The minimum Gasteiger partial charge on any atom is -0.324 e. The smallest absolute Gasteiger partial charge is 0.0292 e. The Morgan fingerprint density at radius 1 is 1.27 bits per heavy atom. The molecule has 0 spiro atoms. The van der Waals surface area contributed by atoms with Crippen LogP contribution in [0.4, 0.5) is 0 Å². The number of nitrogens with two attached hydrogens (primary N) is 1. The van der Waals surface area contributed by atoms with Crippen LogP contribution < -0.4 is 5.73 Å². The number of hydrogen-bond donors (Lipinski definition) is 1. The van der Waals surface area contributed by atoms with E-state index in [4.69, 9.17) is 5.73 Å². The number of benzene rings is 2. The van der Waals surface area contributed by atoms with Crippen LogP contribution in [0.15, 0.2) is 40.9 Å². The average molecular weight is 264 g/mol. The molecule has 2 rings (SSSR count). The second kappa shape index (κ2) is 4.33. The van der Waals surface area contributed by atoms with Crippen LogP contribution >= 0.6 is 15.9 Å². The zero-order valence-corrected chi connectivity index (χ0v) is 10.3. The van der Waals surface area contributed by atoms with Gasteiger partial charge in [-0.05, 0) is 34.9 Å². The standard InChI is InChI=1S/C13H14BrN/c1-2-13(15)10-7-9-5-3-4-6-11(9)12(14)8-10/h3-8,13H,2,15H2,1H3. The van der Waals surface area contributed by atoms with E-state index < -0.39 is 0 Å². The van der Waals surface area contributed by atoms with Crippen LogP contribution in [0, 0.1) is 0 Å².